The SMILES string of the molecule is COCCOc1ccc(C(F)(F)F)cc1NC(=O)COC(=O)C(C)(C)c1ccccc1. The lowest BCUT2D eigenvalue weighted by molar-refractivity contribution is -0.152. The third kappa shape index (κ3) is 6.71. The zero-order chi connectivity index (χ0) is 23.1. The fraction of sp³-hybridized carbons (Fsp3) is 0.364. The van der Waals surface area contributed by atoms with Crippen molar-refractivity contribution in [3.63, 3.8) is 0 Å². The van der Waals surface area contributed by atoms with Crippen LogP contribution in [0.4, 0.5) is 18.9 Å². The number of ether oxygens (including phenoxy) is 3. The monoisotopic (exact) mass is 439 g/mol. The molecule has 0 saturated carbocycles. The third-order valence-corrected chi connectivity index (χ3v) is 4.47. The number of rotatable bonds is 9. The second-order valence-corrected chi connectivity index (χ2v) is 7.17. The van der Waals surface area contributed by atoms with E-state index < -0.39 is 35.6 Å². The summed E-state index contributed by atoms with van der Waals surface area (Å²) in [5.74, 6) is -1.41. The number of methoxy groups -OCH3 is 1. The quantitative estimate of drug-likeness (QED) is 0.469. The Kier molecular flexibility index (Phi) is 8.04. The van der Waals surface area contributed by atoms with Crippen molar-refractivity contribution in [1.29, 1.82) is 0 Å². The number of benzene rings is 2. The second-order valence-electron chi connectivity index (χ2n) is 7.17. The molecule has 1 amide bonds. The summed E-state index contributed by atoms with van der Waals surface area (Å²) in [5.41, 5.74) is -1.45. The minimum absolute atomic E-state index is 0.0364. The lowest BCUT2D eigenvalue weighted by atomic mass is 9.85. The zero-order valence-electron chi connectivity index (χ0n) is 17.4. The van der Waals surface area contributed by atoms with Gasteiger partial charge in [-0.2, -0.15) is 13.2 Å². The average Bonchev–Trinajstić information content (AvgIpc) is 2.73. The van der Waals surface area contributed by atoms with Gasteiger partial charge in [0.1, 0.15) is 12.4 Å². The molecule has 0 aromatic heterocycles. The molecule has 6 nitrogen and oxygen atoms in total. The Hall–Kier alpha value is -3.07. The highest BCUT2D eigenvalue weighted by molar-refractivity contribution is 5.95. The van der Waals surface area contributed by atoms with Crippen molar-refractivity contribution < 1.29 is 37.0 Å². The average molecular weight is 439 g/mol. The van der Waals surface area contributed by atoms with Gasteiger partial charge in [-0.3, -0.25) is 9.59 Å². The fourth-order valence-corrected chi connectivity index (χ4v) is 2.64. The highest BCUT2D eigenvalue weighted by atomic mass is 19.4. The molecule has 0 spiro atoms. The van der Waals surface area contributed by atoms with E-state index >= 15 is 0 Å². The molecule has 0 radical (unpaired) electrons. The van der Waals surface area contributed by atoms with Gasteiger partial charge in [0, 0.05) is 7.11 Å². The number of hydrogen-bond acceptors (Lipinski definition) is 5. The minimum Gasteiger partial charge on any atom is -0.489 e. The fourth-order valence-electron chi connectivity index (χ4n) is 2.64. The number of hydrogen-bond donors (Lipinski definition) is 1. The van der Waals surface area contributed by atoms with Gasteiger partial charge >= 0.3 is 12.1 Å². The Balaban J connectivity index is 2.08. The molecule has 0 fully saturated rings. The molecule has 168 valence electrons. The lowest BCUT2D eigenvalue weighted by Gasteiger charge is -2.23. The van der Waals surface area contributed by atoms with Crippen LogP contribution in [0.2, 0.25) is 0 Å². The van der Waals surface area contributed by atoms with Crippen LogP contribution in [0.3, 0.4) is 0 Å². The van der Waals surface area contributed by atoms with Gasteiger partial charge in [0.2, 0.25) is 0 Å². The first-order valence-corrected chi connectivity index (χ1v) is 9.41. The van der Waals surface area contributed by atoms with Gasteiger partial charge in [0.15, 0.2) is 6.61 Å². The van der Waals surface area contributed by atoms with Crippen molar-refractivity contribution in [2.75, 3.05) is 32.2 Å². The molecule has 0 aliphatic heterocycles. The van der Waals surface area contributed by atoms with Crippen LogP contribution >= 0.6 is 0 Å². The van der Waals surface area contributed by atoms with Crippen LogP contribution in [0, 0.1) is 0 Å². The maximum atomic E-state index is 13.0. The maximum absolute atomic E-state index is 13.0. The van der Waals surface area contributed by atoms with Crippen LogP contribution in [-0.2, 0) is 30.7 Å². The Morgan fingerprint density at radius 2 is 1.65 bits per heavy atom. The van der Waals surface area contributed by atoms with E-state index in [-0.39, 0.29) is 24.7 Å². The smallest absolute Gasteiger partial charge is 0.416 e. The highest BCUT2D eigenvalue weighted by Gasteiger charge is 2.33. The van der Waals surface area contributed by atoms with Crippen molar-refractivity contribution in [3.8, 4) is 5.75 Å². The Bertz CT molecular complexity index is 898. The van der Waals surface area contributed by atoms with Crippen LogP contribution in [-0.4, -0.2) is 38.8 Å². The minimum atomic E-state index is -4.60. The number of alkyl halides is 3. The van der Waals surface area contributed by atoms with Gasteiger partial charge in [-0.05, 0) is 37.6 Å². The molecule has 2 rings (SSSR count). The normalized spacial score (nSPS) is 11.7. The molecule has 9 heteroatoms. The zero-order valence-corrected chi connectivity index (χ0v) is 17.4. The van der Waals surface area contributed by atoms with Crippen molar-refractivity contribution in [3.05, 3.63) is 59.7 Å². The summed E-state index contributed by atoms with van der Waals surface area (Å²) in [6, 6.07) is 11.6. The van der Waals surface area contributed by atoms with E-state index in [1.54, 1.807) is 44.2 Å². The van der Waals surface area contributed by atoms with Crippen LogP contribution in [0.15, 0.2) is 48.5 Å². The molecule has 0 aliphatic carbocycles. The van der Waals surface area contributed by atoms with Crippen LogP contribution in [0.5, 0.6) is 5.75 Å². The summed E-state index contributed by atoms with van der Waals surface area (Å²) in [5, 5.41) is 2.31. The molecule has 0 aliphatic rings. The van der Waals surface area contributed by atoms with Gasteiger partial charge in [-0.15, -0.1) is 0 Å². The van der Waals surface area contributed by atoms with Crippen molar-refractivity contribution in [2.45, 2.75) is 25.4 Å². The van der Waals surface area contributed by atoms with E-state index in [0.717, 1.165) is 18.2 Å². The number of nitrogens with one attached hydrogen (secondary N) is 1. The van der Waals surface area contributed by atoms with Gasteiger partial charge in [-0.25, -0.2) is 0 Å². The van der Waals surface area contributed by atoms with Crippen molar-refractivity contribution in [2.24, 2.45) is 0 Å². The van der Waals surface area contributed by atoms with Crippen LogP contribution < -0.4 is 10.1 Å². The first-order chi connectivity index (χ1) is 14.6. The number of halogens is 3. The second kappa shape index (κ2) is 10.3. The van der Waals surface area contributed by atoms with E-state index in [0.29, 0.717) is 5.56 Å². The molecule has 0 unspecified atom stereocenters. The number of esters is 1. The topological polar surface area (TPSA) is 73.9 Å². The molecule has 0 saturated heterocycles. The van der Waals surface area contributed by atoms with Gasteiger partial charge < -0.3 is 19.5 Å². The maximum Gasteiger partial charge on any atom is 0.416 e. The molecular formula is C22H24F3NO5. The summed E-state index contributed by atoms with van der Waals surface area (Å²) in [6.07, 6.45) is -4.60. The summed E-state index contributed by atoms with van der Waals surface area (Å²) >= 11 is 0. The summed E-state index contributed by atoms with van der Waals surface area (Å²) in [7, 11) is 1.45. The number of carbonyl (C=O) groups is 2. The summed E-state index contributed by atoms with van der Waals surface area (Å²) in [6.45, 7) is 2.92. The van der Waals surface area contributed by atoms with E-state index in [1.807, 2.05) is 0 Å². The lowest BCUT2D eigenvalue weighted by Crippen LogP contribution is -2.33. The van der Waals surface area contributed by atoms with Crippen LogP contribution in [0.25, 0.3) is 0 Å². The van der Waals surface area contributed by atoms with Gasteiger partial charge in [0.05, 0.1) is 23.3 Å². The van der Waals surface area contributed by atoms with Crippen molar-refractivity contribution >= 4 is 17.6 Å². The molecule has 0 heterocycles. The summed E-state index contributed by atoms with van der Waals surface area (Å²) in [4.78, 5) is 24.7. The Morgan fingerprint density at radius 1 is 0.968 bits per heavy atom. The van der Waals surface area contributed by atoms with E-state index in [1.165, 1.54) is 7.11 Å². The molecule has 1 N–H and O–H groups in total. The van der Waals surface area contributed by atoms with Crippen LogP contribution in [0.1, 0.15) is 25.0 Å². The Morgan fingerprint density at radius 3 is 2.26 bits per heavy atom. The molecule has 2 aromatic carbocycles. The van der Waals surface area contributed by atoms with Gasteiger partial charge in [0.25, 0.3) is 5.91 Å². The van der Waals surface area contributed by atoms with E-state index in [2.05, 4.69) is 5.32 Å². The van der Waals surface area contributed by atoms with Gasteiger partial charge in [-0.1, -0.05) is 30.3 Å². The highest BCUT2D eigenvalue weighted by Crippen LogP contribution is 2.35. The number of amides is 1. The predicted octanol–water partition coefficient (Wildman–Crippen LogP) is 4.19. The third-order valence-electron chi connectivity index (χ3n) is 4.47. The molecular weight excluding hydrogens is 415 g/mol. The molecule has 0 atom stereocenters. The van der Waals surface area contributed by atoms with Crippen molar-refractivity contribution in [1.82, 2.24) is 0 Å². The standard InChI is InChI=1S/C22H24F3NO5/c1-21(2,15-7-5-4-6-8-15)20(28)31-14-19(27)26-17-13-16(22(23,24)25)9-10-18(17)30-12-11-29-3/h4-10,13H,11-12,14H2,1-3H3,(H,26,27). The number of anilines is 1. The summed E-state index contributed by atoms with van der Waals surface area (Å²) < 4.78 is 54.5. The predicted molar refractivity (Wildman–Crippen MR) is 108 cm³/mol. The molecule has 0 bridgehead atoms. The molecule has 2 aromatic rings. The van der Waals surface area contributed by atoms with E-state index in [9.17, 15) is 22.8 Å². The number of carbonyl (C=O) groups excluding carboxylic acids is 2. The molecule has 31 heavy (non-hydrogen) atoms. The first kappa shape index (κ1) is 24.2. The largest absolute Gasteiger partial charge is 0.489 e. The first-order valence-electron chi connectivity index (χ1n) is 9.41. The van der Waals surface area contributed by atoms with E-state index in [4.69, 9.17) is 14.2 Å². The Labute approximate surface area is 178 Å².